The first-order valence-corrected chi connectivity index (χ1v) is 12.7. The molecule has 0 aromatic heterocycles. The highest BCUT2D eigenvalue weighted by Crippen LogP contribution is 2.22. The summed E-state index contributed by atoms with van der Waals surface area (Å²) in [6, 6.07) is 25.1. The van der Waals surface area contributed by atoms with E-state index in [0.29, 0.717) is 36.7 Å². The maximum Gasteiger partial charge on any atom is 0.243 e. The molecule has 0 saturated carbocycles. The molecule has 0 bridgehead atoms. The van der Waals surface area contributed by atoms with E-state index in [2.05, 4.69) is 43.4 Å². The fourth-order valence-corrected chi connectivity index (χ4v) is 4.32. The molecule has 0 aliphatic rings. The van der Waals surface area contributed by atoms with Crippen molar-refractivity contribution in [3.8, 4) is 0 Å². The molecule has 0 saturated heterocycles. The van der Waals surface area contributed by atoms with Crippen molar-refractivity contribution in [1.29, 1.82) is 0 Å². The normalized spacial score (nSPS) is 11.8. The maximum atomic E-state index is 13.7. The number of benzene rings is 3. The summed E-state index contributed by atoms with van der Waals surface area (Å²) >= 11 is 6.45. The zero-order chi connectivity index (χ0) is 25.2. The predicted molar refractivity (Wildman–Crippen MR) is 143 cm³/mol. The van der Waals surface area contributed by atoms with Crippen LogP contribution in [0.3, 0.4) is 0 Å². The van der Waals surface area contributed by atoms with Crippen molar-refractivity contribution < 1.29 is 9.59 Å². The van der Waals surface area contributed by atoms with E-state index in [1.54, 1.807) is 4.90 Å². The lowest BCUT2D eigenvalue weighted by molar-refractivity contribution is -0.141. The molecule has 3 aromatic carbocycles. The molecule has 0 radical (unpaired) electrons. The van der Waals surface area contributed by atoms with Crippen LogP contribution in [0.1, 0.15) is 55.4 Å². The first-order chi connectivity index (χ1) is 16.9. The second-order valence-corrected chi connectivity index (χ2v) is 9.52. The Labute approximate surface area is 214 Å². The number of aryl methyl sites for hydroxylation is 1. The molecule has 184 valence electrons. The average molecular weight is 491 g/mol. The largest absolute Gasteiger partial charge is 0.355 e. The lowest BCUT2D eigenvalue weighted by Crippen LogP contribution is -2.50. The Balaban J connectivity index is 1.87. The highest BCUT2D eigenvalue weighted by Gasteiger charge is 2.30. The number of hydrogen-bond acceptors (Lipinski definition) is 2. The molecule has 1 N–H and O–H groups in total. The van der Waals surface area contributed by atoms with Gasteiger partial charge in [0.2, 0.25) is 11.8 Å². The third kappa shape index (κ3) is 7.69. The summed E-state index contributed by atoms with van der Waals surface area (Å²) in [4.78, 5) is 28.6. The quantitative estimate of drug-likeness (QED) is 0.349. The summed E-state index contributed by atoms with van der Waals surface area (Å²) in [5.74, 6) is 0.246. The molecule has 0 spiro atoms. The Morgan fingerprint density at radius 3 is 2.17 bits per heavy atom. The van der Waals surface area contributed by atoms with Crippen LogP contribution in [0.2, 0.25) is 5.02 Å². The smallest absolute Gasteiger partial charge is 0.243 e. The summed E-state index contributed by atoms with van der Waals surface area (Å²) in [7, 11) is 0. The van der Waals surface area contributed by atoms with Crippen LogP contribution in [0.4, 0.5) is 0 Å². The van der Waals surface area contributed by atoms with E-state index in [1.165, 1.54) is 5.56 Å². The van der Waals surface area contributed by atoms with E-state index < -0.39 is 6.04 Å². The number of halogens is 1. The summed E-state index contributed by atoms with van der Waals surface area (Å²) < 4.78 is 0. The van der Waals surface area contributed by atoms with Crippen molar-refractivity contribution in [2.75, 3.05) is 6.54 Å². The van der Waals surface area contributed by atoms with E-state index in [-0.39, 0.29) is 18.4 Å². The van der Waals surface area contributed by atoms with Gasteiger partial charge in [0.05, 0.1) is 0 Å². The number of hydrogen-bond donors (Lipinski definition) is 1. The molecule has 0 fully saturated rings. The Hall–Kier alpha value is -3.11. The highest BCUT2D eigenvalue weighted by molar-refractivity contribution is 6.31. The monoisotopic (exact) mass is 490 g/mol. The van der Waals surface area contributed by atoms with Crippen LogP contribution in [-0.4, -0.2) is 29.3 Å². The van der Waals surface area contributed by atoms with E-state index in [1.807, 2.05) is 61.5 Å². The van der Waals surface area contributed by atoms with Gasteiger partial charge in [0.1, 0.15) is 6.04 Å². The van der Waals surface area contributed by atoms with Gasteiger partial charge in [-0.3, -0.25) is 9.59 Å². The SMILES string of the molecule is CCNC(=O)[C@H](Cc1ccccc1)N(Cc1ccccc1Cl)C(=O)CCc1ccc(C(C)C)cc1. The van der Waals surface area contributed by atoms with Crippen LogP contribution < -0.4 is 5.32 Å². The molecule has 0 heterocycles. The summed E-state index contributed by atoms with van der Waals surface area (Å²) in [6.07, 6.45) is 1.37. The van der Waals surface area contributed by atoms with Crippen molar-refractivity contribution in [3.05, 3.63) is 106 Å². The molecule has 3 aromatic rings. The fraction of sp³-hybridized carbons (Fsp3) is 0.333. The zero-order valence-electron chi connectivity index (χ0n) is 20.8. The molecule has 35 heavy (non-hydrogen) atoms. The van der Waals surface area contributed by atoms with Gasteiger partial charge in [-0.15, -0.1) is 0 Å². The van der Waals surface area contributed by atoms with Gasteiger partial charge in [-0.25, -0.2) is 0 Å². The van der Waals surface area contributed by atoms with Gasteiger partial charge in [0.15, 0.2) is 0 Å². The third-order valence-corrected chi connectivity index (χ3v) is 6.56. The molecule has 0 unspecified atom stereocenters. The molecule has 5 heteroatoms. The van der Waals surface area contributed by atoms with Crippen LogP contribution >= 0.6 is 11.6 Å². The van der Waals surface area contributed by atoms with Crippen molar-refractivity contribution in [2.24, 2.45) is 0 Å². The number of nitrogens with one attached hydrogen (secondary N) is 1. The molecule has 0 aliphatic heterocycles. The van der Waals surface area contributed by atoms with Gasteiger partial charge < -0.3 is 10.2 Å². The van der Waals surface area contributed by atoms with E-state index in [9.17, 15) is 9.59 Å². The van der Waals surface area contributed by atoms with Gasteiger partial charge in [0, 0.05) is 31.0 Å². The van der Waals surface area contributed by atoms with E-state index in [0.717, 1.165) is 16.7 Å². The second-order valence-electron chi connectivity index (χ2n) is 9.11. The van der Waals surface area contributed by atoms with Crippen LogP contribution in [0.5, 0.6) is 0 Å². The van der Waals surface area contributed by atoms with Gasteiger partial charge in [-0.1, -0.05) is 98.2 Å². The van der Waals surface area contributed by atoms with Gasteiger partial charge in [-0.05, 0) is 47.6 Å². The average Bonchev–Trinajstić information content (AvgIpc) is 2.86. The minimum Gasteiger partial charge on any atom is -0.355 e. The molecule has 0 aliphatic carbocycles. The Bertz CT molecular complexity index is 1100. The van der Waals surface area contributed by atoms with Gasteiger partial charge in [-0.2, -0.15) is 0 Å². The van der Waals surface area contributed by atoms with E-state index in [4.69, 9.17) is 11.6 Å². The maximum absolute atomic E-state index is 13.7. The number of likely N-dealkylation sites (N-methyl/N-ethyl adjacent to an activating group) is 1. The molecular weight excluding hydrogens is 456 g/mol. The summed E-state index contributed by atoms with van der Waals surface area (Å²) in [6.45, 7) is 7.00. The van der Waals surface area contributed by atoms with Crippen LogP contribution in [0.25, 0.3) is 0 Å². The standard InChI is InChI=1S/C30H35ClN2O2/c1-4-32-30(35)28(20-24-10-6-5-7-11-24)33(21-26-12-8-9-13-27(26)31)29(34)19-16-23-14-17-25(18-15-23)22(2)3/h5-15,17-18,22,28H,4,16,19-21H2,1-3H3,(H,32,35)/t28-/m0/s1. The highest BCUT2D eigenvalue weighted by atomic mass is 35.5. The third-order valence-electron chi connectivity index (χ3n) is 6.19. The first-order valence-electron chi connectivity index (χ1n) is 12.3. The Kier molecular flexibility index (Phi) is 9.92. The first kappa shape index (κ1) is 26.5. The Morgan fingerprint density at radius 1 is 0.886 bits per heavy atom. The van der Waals surface area contributed by atoms with Crippen molar-refractivity contribution >= 4 is 23.4 Å². The molecule has 4 nitrogen and oxygen atoms in total. The number of carbonyl (C=O) groups is 2. The van der Waals surface area contributed by atoms with Crippen LogP contribution in [0.15, 0.2) is 78.9 Å². The second kappa shape index (κ2) is 13.1. The fourth-order valence-electron chi connectivity index (χ4n) is 4.12. The zero-order valence-corrected chi connectivity index (χ0v) is 21.6. The minimum absolute atomic E-state index is 0.0648. The van der Waals surface area contributed by atoms with Crippen molar-refractivity contribution in [2.45, 2.75) is 58.5 Å². The number of amides is 2. The molecule has 3 rings (SSSR count). The van der Waals surface area contributed by atoms with Crippen molar-refractivity contribution in [3.63, 3.8) is 0 Å². The predicted octanol–water partition coefficient (Wildman–Crippen LogP) is 6.17. The molecular formula is C30H35ClN2O2. The topological polar surface area (TPSA) is 49.4 Å². The van der Waals surface area contributed by atoms with Gasteiger partial charge >= 0.3 is 0 Å². The van der Waals surface area contributed by atoms with Crippen LogP contribution in [-0.2, 0) is 29.0 Å². The van der Waals surface area contributed by atoms with Crippen molar-refractivity contribution in [1.82, 2.24) is 10.2 Å². The number of carbonyl (C=O) groups excluding carboxylic acids is 2. The Morgan fingerprint density at radius 2 is 1.54 bits per heavy atom. The number of rotatable bonds is 11. The molecule has 1 atom stereocenters. The van der Waals surface area contributed by atoms with Crippen LogP contribution in [0, 0.1) is 0 Å². The lowest BCUT2D eigenvalue weighted by atomic mass is 9.99. The lowest BCUT2D eigenvalue weighted by Gasteiger charge is -2.32. The minimum atomic E-state index is -0.635. The number of nitrogens with zero attached hydrogens (tertiary/aromatic N) is 1. The summed E-state index contributed by atoms with van der Waals surface area (Å²) in [5, 5.41) is 3.51. The van der Waals surface area contributed by atoms with E-state index >= 15 is 0 Å². The summed E-state index contributed by atoms with van der Waals surface area (Å²) in [5.41, 5.74) is 4.22. The van der Waals surface area contributed by atoms with Gasteiger partial charge in [0.25, 0.3) is 0 Å². The molecule has 2 amide bonds.